The van der Waals surface area contributed by atoms with Gasteiger partial charge in [-0.1, -0.05) is 35.3 Å². The van der Waals surface area contributed by atoms with Crippen LogP contribution in [0.4, 0.5) is 0 Å². The summed E-state index contributed by atoms with van der Waals surface area (Å²) in [6, 6.07) is 8.90. The number of primary amides is 1. The van der Waals surface area contributed by atoms with Gasteiger partial charge in [0.25, 0.3) is 0 Å². The standard InChI is InChI=1S/C14H12Cl2N2O/c15-12-4-3-9(7-13(12)16)6-11(14(17)19)10-2-1-5-18-8-10/h1-5,7-8,11H,6H2,(H2,17,19). The zero-order valence-corrected chi connectivity index (χ0v) is 11.5. The SMILES string of the molecule is NC(=O)C(Cc1ccc(Cl)c(Cl)c1)c1cccnc1. The normalized spacial score (nSPS) is 12.1. The van der Waals surface area contributed by atoms with Gasteiger partial charge in [0.1, 0.15) is 0 Å². The molecule has 1 atom stereocenters. The second kappa shape index (κ2) is 6.04. The van der Waals surface area contributed by atoms with Crippen molar-refractivity contribution < 1.29 is 4.79 Å². The molecule has 0 aliphatic carbocycles. The third kappa shape index (κ3) is 3.46. The number of carbonyl (C=O) groups is 1. The van der Waals surface area contributed by atoms with E-state index in [1.807, 2.05) is 12.1 Å². The predicted molar refractivity (Wildman–Crippen MR) is 76.3 cm³/mol. The molecule has 0 aliphatic rings. The van der Waals surface area contributed by atoms with E-state index in [9.17, 15) is 4.79 Å². The summed E-state index contributed by atoms with van der Waals surface area (Å²) in [5.41, 5.74) is 7.16. The lowest BCUT2D eigenvalue weighted by Gasteiger charge is -2.13. The number of nitrogens with zero attached hydrogens (tertiary/aromatic N) is 1. The molecule has 0 spiro atoms. The second-order valence-corrected chi connectivity index (χ2v) is 5.01. The molecule has 0 fully saturated rings. The van der Waals surface area contributed by atoms with Gasteiger partial charge in [0.05, 0.1) is 16.0 Å². The van der Waals surface area contributed by atoms with E-state index in [2.05, 4.69) is 4.98 Å². The maximum absolute atomic E-state index is 11.6. The third-order valence-corrected chi connectivity index (χ3v) is 3.59. The summed E-state index contributed by atoms with van der Waals surface area (Å²) in [6.45, 7) is 0. The fraction of sp³-hybridized carbons (Fsp3) is 0.143. The number of hydrogen-bond acceptors (Lipinski definition) is 2. The van der Waals surface area contributed by atoms with Gasteiger partial charge in [0.15, 0.2) is 0 Å². The molecular formula is C14H12Cl2N2O. The zero-order valence-electron chi connectivity index (χ0n) is 10.0. The smallest absolute Gasteiger partial charge is 0.225 e. The number of pyridine rings is 1. The molecule has 2 N–H and O–H groups in total. The molecule has 2 aromatic rings. The molecule has 1 heterocycles. The van der Waals surface area contributed by atoms with Crippen molar-refractivity contribution in [1.82, 2.24) is 4.98 Å². The number of aromatic nitrogens is 1. The van der Waals surface area contributed by atoms with E-state index in [0.29, 0.717) is 16.5 Å². The molecule has 0 saturated carbocycles. The van der Waals surface area contributed by atoms with Crippen LogP contribution in [0.3, 0.4) is 0 Å². The molecule has 0 radical (unpaired) electrons. The van der Waals surface area contributed by atoms with Crippen LogP contribution in [-0.2, 0) is 11.2 Å². The van der Waals surface area contributed by atoms with Crippen LogP contribution >= 0.6 is 23.2 Å². The first-order valence-electron chi connectivity index (χ1n) is 5.71. The van der Waals surface area contributed by atoms with E-state index in [1.54, 1.807) is 30.6 Å². The van der Waals surface area contributed by atoms with Gasteiger partial charge >= 0.3 is 0 Å². The second-order valence-electron chi connectivity index (χ2n) is 4.19. The minimum atomic E-state index is -0.425. The summed E-state index contributed by atoms with van der Waals surface area (Å²) in [7, 11) is 0. The summed E-state index contributed by atoms with van der Waals surface area (Å²) < 4.78 is 0. The highest BCUT2D eigenvalue weighted by Gasteiger charge is 2.18. The van der Waals surface area contributed by atoms with E-state index in [4.69, 9.17) is 28.9 Å². The van der Waals surface area contributed by atoms with E-state index in [0.717, 1.165) is 11.1 Å². The van der Waals surface area contributed by atoms with E-state index in [-0.39, 0.29) is 5.91 Å². The predicted octanol–water partition coefficient (Wildman–Crippen LogP) is 3.20. The van der Waals surface area contributed by atoms with Crippen molar-refractivity contribution in [2.75, 3.05) is 0 Å². The number of rotatable bonds is 4. The minimum Gasteiger partial charge on any atom is -0.369 e. The van der Waals surface area contributed by atoms with E-state index >= 15 is 0 Å². The highest BCUT2D eigenvalue weighted by molar-refractivity contribution is 6.42. The van der Waals surface area contributed by atoms with Crippen molar-refractivity contribution in [2.24, 2.45) is 5.73 Å². The number of carbonyl (C=O) groups excluding carboxylic acids is 1. The van der Waals surface area contributed by atoms with Crippen molar-refractivity contribution in [3.05, 3.63) is 63.9 Å². The monoisotopic (exact) mass is 294 g/mol. The van der Waals surface area contributed by atoms with Crippen LogP contribution in [0.1, 0.15) is 17.0 Å². The molecule has 1 amide bonds. The van der Waals surface area contributed by atoms with Crippen molar-refractivity contribution in [1.29, 1.82) is 0 Å². The summed E-state index contributed by atoms with van der Waals surface area (Å²) in [5, 5.41) is 0.955. The van der Waals surface area contributed by atoms with Crippen LogP contribution in [0, 0.1) is 0 Å². The van der Waals surface area contributed by atoms with Crippen molar-refractivity contribution >= 4 is 29.1 Å². The molecule has 2 rings (SSSR count). The zero-order chi connectivity index (χ0) is 13.8. The number of nitrogens with two attached hydrogens (primary N) is 1. The lowest BCUT2D eigenvalue weighted by molar-refractivity contribution is -0.119. The van der Waals surface area contributed by atoms with E-state index < -0.39 is 5.92 Å². The Morgan fingerprint density at radius 3 is 2.63 bits per heavy atom. The molecule has 0 aliphatic heterocycles. The molecule has 1 aromatic heterocycles. The van der Waals surface area contributed by atoms with E-state index in [1.165, 1.54) is 0 Å². The number of benzene rings is 1. The van der Waals surface area contributed by atoms with Crippen LogP contribution in [-0.4, -0.2) is 10.9 Å². The Morgan fingerprint density at radius 1 is 1.26 bits per heavy atom. The molecule has 98 valence electrons. The van der Waals surface area contributed by atoms with Gasteiger partial charge in [-0.15, -0.1) is 0 Å². The summed E-state index contributed by atoms with van der Waals surface area (Å²) in [5.74, 6) is -0.815. The molecule has 0 bridgehead atoms. The van der Waals surface area contributed by atoms with Gasteiger partial charge in [-0.3, -0.25) is 9.78 Å². The van der Waals surface area contributed by atoms with Crippen LogP contribution in [0.2, 0.25) is 10.0 Å². The molecule has 0 saturated heterocycles. The Balaban J connectivity index is 2.27. The van der Waals surface area contributed by atoms with Gasteiger partial charge in [0, 0.05) is 12.4 Å². The maximum atomic E-state index is 11.6. The molecule has 1 unspecified atom stereocenters. The lowest BCUT2D eigenvalue weighted by Crippen LogP contribution is -2.23. The average molecular weight is 295 g/mol. The Kier molecular flexibility index (Phi) is 4.40. The van der Waals surface area contributed by atoms with Crippen molar-refractivity contribution in [3.63, 3.8) is 0 Å². The van der Waals surface area contributed by atoms with Crippen LogP contribution in [0.15, 0.2) is 42.7 Å². The number of halogens is 2. The third-order valence-electron chi connectivity index (χ3n) is 2.85. The molecule has 1 aromatic carbocycles. The lowest BCUT2D eigenvalue weighted by atomic mass is 9.92. The minimum absolute atomic E-state index is 0.390. The first-order valence-corrected chi connectivity index (χ1v) is 6.46. The Morgan fingerprint density at radius 2 is 2.05 bits per heavy atom. The van der Waals surface area contributed by atoms with Gasteiger partial charge in [-0.2, -0.15) is 0 Å². The van der Waals surface area contributed by atoms with Gasteiger partial charge in [-0.05, 0) is 35.7 Å². The fourth-order valence-electron chi connectivity index (χ4n) is 1.87. The van der Waals surface area contributed by atoms with Gasteiger partial charge < -0.3 is 5.73 Å². The Labute approximate surface area is 121 Å². The Hall–Kier alpha value is -1.58. The molecule has 19 heavy (non-hydrogen) atoms. The summed E-state index contributed by atoms with van der Waals surface area (Å²) in [6.07, 6.45) is 3.77. The average Bonchev–Trinajstić information content (AvgIpc) is 2.40. The topological polar surface area (TPSA) is 56.0 Å². The fourth-order valence-corrected chi connectivity index (χ4v) is 2.19. The van der Waals surface area contributed by atoms with Crippen molar-refractivity contribution in [2.45, 2.75) is 12.3 Å². The molecular weight excluding hydrogens is 283 g/mol. The largest absolute Gasteiger partial charge is 0.369 e. The maximum Gasteiger partial charge on any atom is 0.225 e. The number of hydrogen-bond donors (Lipinski definition) is 1. The van der Waals surface area contributed by atoms with Crippen LogP contribution in [0.5, 0.6) is 0 Å². The first kappa shape index (κ1) is 13.8. The first-order chi connectivity index (χ1) is 9.08. The molecule has 3 nitrogen and oxygen atoms in total. The highest BCUT2D eigenvalue weighted by Crippen LogP contribution is 2.26. The van der Waals surface area contributed by atoms with Crippen molar-refractivity contribution in [3.8, 4) is 0 Å². The molecule has 5 heteroatoms. The summed E-state index contributed by atoms with van der Waals surface area (Å²) >= 11 is 11.8. The highest BCUT2D eigenvalue weighted by atomic mass is 35.5. The van der Waals surface area contributed by atoms with Crippen LogP contribution in [0.25, 0.3) is 0 Å². The van der Waals surface area contributed by atoms with Crippen LogP contribution < -0.4 is 5.73 Å². The van der Waals surface area contributed by atoms with Gasteiger partial charge in [-0.25, -0.2) is 0 Å². The quantitative estimate of drug-likeness (QED) is 0.941. The Bertz CT molecular complexity index is 587. The van der Waals surface area contributed by atoms with Gasteiger partial charge in [0.2, 0.25) is 5.91 Å². The summed E-state index contributed by atoms with van der Waals surface area (Å²) in [4.78, 5) is 15.6. The number of amides is 1.